The van der Waals surface area contributed by atoms with Crippen LogP contribution in [0, 0.1) is 5.82 Å². The van der Waals surface area contributed by atoms with E-state index >= 15 is 0 Å². The van der Waals surface area contributed by atoms with E-state index in [9.17, 15) is 9.18 Å². The number of likely N-dealkylation sites (N-methyl/N-ethyl adjacent to an activating group) is 1. The number of nitrogens with zero attached hydrogens (tertiary/aromatic N) is 2. The number of aromatic nitrogens is 1. The van der Waals surface area contributed by atoms with Crippen molar-refractivity contribution in [3.05, 3.63) is 35.8 Å². The Morgan fingerprint density at radius 2 is 2.08 bits per heavy atom. The quantitative estimate of drug-likeness (QED) is 0.853. The largest absolute Gasteiger partial charge is 0.491 e. The maximum absolute atomic E-state index is 14.2. The van der Waals surface area contributed by atoms with E-state index in [1.54, 1.807) is 19.3 Å². The number of methoxy groups -OCH3 is 1. The van der Waals surface area contributed by atoms with Gasteiger partial charge in [0.2, 0.25) is 0 Å². The summed E-state index contributed by atoms with van der Waals surface area (Å²) in [4.78, 5) is 17.7. The van der Waals surface area contributed by atoms with Crippen molar-refractivity contribution in [3.63, 3.8) is 0 Å². The molecule has 0 bridgehead atoms. The van der Waals surface area contributed by atoms with Gasteiger partial charge >= 0.3 is 6.09 Å². The van der Waals surface area contributed by atoms with Gasteiger partial charge in [-0.15, -0.1) is 0 Å². The van der Waals surface area contributed by atoms with Gasteiger partial charge in [-0.3, -0.25) is 4.98 Å². The van der Waals surface area contributed by atoms with Crippen LogP contribution in [0.2, 0.25) is 0 Å². The van der Waals surface area contributed by atoms with Crippen LogP contribution in [0.25, 0.3) is 10.9 Å². The lowest BCUT2D eigenvalue weighted by atomic mass is 10.0. The number of amides is 1. The number of ether oxygens (including phenoxy) is 2. The van der Waals surface area contributed by atoms with Crippen molar-refractivity contribution in [1.29, 1.82) is 0 Å². The molecule has 0 saturated carbocycles. The fourth-order valence-corrected chi connectivity index (χ4v) is 2.38. The SMILES string of the molecule is COc1c(F)cc(CCN(C)C(=O)OC(C)(C)C)c2cccnc12. The van der Waals surface area contributed by atoms with Crippen molar-refractivity contribution in [2.75, 3.05) is 20.7 Å². The van der Waals surface area contributed by atoms with Crippen LogP contribution in [0.15, 0.2) is 24.4 Å². The molecule has 0 spiro atoms. The van der Waals surface area contributed by atoms with Gasteiger partial charge in [-0.2, -0.15) is 0 Å². The third-order valence-electron chi connectivity index (χ3n) is 3.51. The monoisotopic (exact) mass is 334 g/mol. The van der Waals surface area contributed by atoms with Crippen LogP contribution in [0.5, 0.6) is 5.75 Å². The molecule has 24 heavy (non-hydrogen) atoms. The topological polar surface area (TPSA) is 51.7 Å². The summed E-state index contributed by atoms with van der Waals surface area (Å²) >= 11 is 0. The molecule has 0 unspecified atom stereocenters. The summed E-state index contributed by atoms with van der Waals surface area (Å²) < 4.78 is 24.6. The van der Waals surface area contributed by atoms with Crippen LogP contribution < -0.4 is 4.74 Å². The molecule has 0 radical (unpaired) electrons. The number of benzene rings is 1. The number of fused-ring (bicyclic) bond motifs is 1. The summed E-state index contributed by atoms with van der Waals surface area (Å²) in [6, 6.07) is 5.10. The maximum atomic E-state index is 14.2. The summed E-state index contributed by atoms with van der Waals surface area (Å²) in [5.74, 6) is -0.325. The van der Waals surface area contributed by atoms with E-state index in [1.807, 2.05) is 26.8 Å². The van der Waals surface area contributed by atoms with E-state index in [0.29, 0.717) is 18.5 Å². The molecule has 2 aromatic rings. The first-order chi connectivity index (χ1) is 11.2. The van der Waals surface area contributed by atoms with Gasteiger partial charge < -0.3 is 14.4 Å². The van der Waals surface area contributed by atoms with Crippen molar-refractivity contribution >= 4 is 17.0 Å². The minimum absolute atomic E-state index is 0.134. The summed E-state index contributed by atoms with van der Waals surface area (Å²) in [6.07, 6.45) is 1.68. The Morgan fingerprint density at radius 3 is 2.71 bits per heavy atom. The number of pyridine rings is 1. The molecular weight excluding hydrogens is 311 g/mol. The molecule has 1 amide bonds. The Bertz CT molecular complexity index is 741. The van der Waals surface area contributed by atoms with Crippen molar-refractivity contribution in [3.8, 4) is 5.75 Å². The summed E-state index contributed by atoms with van der Waals surface area (Å²) in [7, 11) is 3.08. The number of hydrogen-bond acceptors (Lipinski definition) is 4. The first kappa shape index (κ1) is 18.0. The molecule has 1 aromatic carbocycles. The summed E-state index contributed by atoms with van der Waals surface area (Å²) in [5, 5.41) is 0.813. The average Bonchev–Trinajstić information content (AvgIpc) is 2.50. The van der Waals surface area contributed by atoms with Gasteiger partial charge in [0, 0.05) is 25.2 Å². The van der Waals surface area contributed by atoms with E-state index < -0.39 is 17.5 Å². The van der Waals surface area contributed by atoms with Crippen LogP contribution >= 0.6 is 0 Å². The van der Waals surface area contributed by atoms with Crippen molar-refractivity contribution in [2.24, 2.45) is 0 Å². The molecule has 0 atom stereocenters. The van der Waals surface area contributed by atoms with Gasteiger partial charge in [-0.25, -0.2) is 9.18 Å². The highest BCUT2D eigenvalue weighted by molar-refractivity contribution is 5.87. The Morgan fingerprint density at radius 1 is 1.38 bits per heavy atom. The Hall–Kier alpha value is -2.37. The Balaban J connectivity index is 2.20. The lowest BCUT2D eigenvalue weighted by molar-refractivity contribution is 0.0301. The maximum Gasteiger partial charge on any atom is 0.410 e. The lowest BCUT2D eigenvalue weighted by Gasteiger charge is -2.24. The van der Waals surface area contributed by atoms with Crippen molar-refractivity contribution < 1.29 is 18.7 Å². The highest BCUT2D eigenvalue weighted by atomic mass is 19.1. The number of rotatable bonds is 4. The smallest absolute Gasteiger partial charge is 0.410 e. The molecule has 0 fully saturated rings. The minimum Gasteiger partial charge on any atom is -0.491 e. The van der Waals surface area contributed by atoms with E-state index in [1.165, 1.54) is 18.1 Å². The van der Waals surface area contributed by atoms with Crippen molar-refractivity contribution in [2.45, 2.75) is 32.8 Å². The van der Waals surface area contributed by atoms with E-state index in [-0.39, 0.29) is 5.75 Å². The molecule has 5 nitrogen and oxygen atoms in total. The fraction of sp³-hybridized carbons (Fsp3) is 0.444. The standard InChI is InChI=1S/C18H23FN2O3/c1-18(2,3)24-17(22)21(4)10-8-12-11-14(19)16(23-5)15-13(12)7-6-9-20-15/h6-7,9,11H,8,10H2,1-5H3. The zero-order valence-corrected chi connectivity index (χ0v) is 14.7. The Labute approximate surface area is 141 Å². The molecular formula is C18H23FN2O3. The molecule has 1 heterocycles. The normalized spacial score (nSPS) is 11.4. The predicted molar refractivity (Wildman–Crippen MR) is 90.8 cm³/mol. The molecule has 0 aliphatic rings. The van der Waals surface area contributed by atoms with Gasteiger partial charge in [0.1, 0.15) is 11.1 Å². The van der Waals surface area contributed by atoms with Crippen LogP contribution in [-0.2, 0) is 11.2 Å². The number of carbonyl (C=O) groups is 1. The van der Waals surface area contributed by atoms with Gasteiger partial charge in [-0.05, 0) is 44.9 Å². The number of halogens is 1. The zero-order chi connectivity index (χ0) is 17.9. The highest BCUT2D eigenvalue weighted by Crippen LogP contribution is 2.30. The van der Waals surface area contributed by atoms with Crippen LogP contribution in [0.3, 0.4) is 0 Å². The van der Waals surface area contributed by atoms with Gasteiger partial charge in [0.05, 0.1) is 7.11 Å². The Kier molecular flexibility index (Phi) is 5.26. The van der Waals surface area contributed by atoms with E-state index in [2.05, 4.69) is 4.98 Å². The second-order valence-electron chi connectivity index (χ2n) is 6.60. The highest BCUT2D eigenvalue weighted by Gasteiger charge is 2.20. The third kappa shape index (κ3) is 4.13. The van der Waals surface area contributed by atoms with E-state index in [0.717, 1.165) is 10.9 Å². The van der Waals surface area contributed by atoms with Gasteiger partial charge in [0.15, 0.2) is 11.6 Å². The fourth-order valence-electron chi connectivity index (χ4n) is 2.38. The van der Waals surface area contributed by atoms with Gasteiger partial charge in [-0.1, -0.05) is 6.07 Å². The first-order valence-corrected chi connectivity index (χ1v) is 7.77. The molecule has 0 aliphatic carbocycles. The summed E-state index contributed by atoms with van der Waals surface area (Å²) in [5.41, 5.74) is 0.704. The van der Waals surface area contributed by atoms with Crippen LogP contribution in [-0.4, -0.2) is 42.3 Å². The van der Waals surface area contributed by atoms with Crippen LogP contribution in [0.1, 0.15) is 26.3 Å². The molecule has 0 saturated heterocycles. The van der Waals surface area contributed by atoms with Crippen molar-refractivity contribution in [1.82, 2.24) is 9.88 Å². The molecule has 2 rings (SSSR count). The first-order valence-electron chi connectivity index (χ1n) is 7.77. The second kappa shape index (κ2) is 7.03. The second-order valence-corrected chi connectivity index (χ2v) is 6.60. The number of carbonyl (C=O) groups excluding carboxylic acids is 1. The third-order valence-corrected chi connectivity index (χ3v) is 3.51. The average molecular weight is 334 g/mol. The molecule has 0 N–H and O–H groups in total. The lowest BCUT2D eigenvalue weighted by Crippen LogP contribution is -2.35. The zero-order valence-electron chi connectivity index (χ0n) is 14.7. The van der Waals surface area contributed by atoms with E-state index in [4.69, 9.17) is 9.47 Å². The molecule has 0 aliphatic heterocycles. The minimum atomic E-state index is -0.547. The van der Waals surface area contributed by atoms with Crippen LogP contribution in [0.4, 0.5) is 9.18 Å². The predicted octanol–water partition coefficient (Wildman–Crippen LogP) is 3.79. The van der Waals surface area contributed by atoms with Gasteiger partial charge in [0.25, 0.3) is 0 Å². The molecule has 6 heteroatoms. The number of hydrogen-bond donors (Lipinski definition) is 0. The molecule has 1 aromatic heterocycles. The molecule has 130 valence electrons. The summed E-state index contributed by atoms with van der Waals surface area (Å²) in [6.45, 7) is 5.86.